The van der Waals surface area contributed by atoms with E-state index in [1.54, 1.807) is 48.5 Å². The molecule has 3 aromatic carbocycles. The first kappa shape index (κ1) is 19.6. The van der Waals surface area contributed by atoms with Gasteiger partial charge in [-0.3, -0.25) is 14.5 Å². The lowest BCUT2D eigenvalue weighted by Gasteiger charge is -2.45. The summed E-state index contributed by atoms with van der Waals surface area (Å²) in [7, 11) is 0. The fourth-order valence-electron chi connectivity index (χ4n) is 3.68. The van der Waals surface area contributed by atoms with Gasteiger partial charge in [0.2, 0.25) is 5.91 Å². The molecule has 5 nitrogen and oxygen atoms in total. The molecular formula is C25H21NO4. The maximum absolute atomic E-state index is 12.9. The minimum absolute atomic E-state index is 0.0322. The summed E-state index contributed by atoms with van der Waals surface area (Å²) in [5, 5.41) is 0. The first-order valence-electron chi connectivity index (χ1n) is 9.83. The monoisotopic (exact) mass is 399 g/mol. The minimum Gasteiger partial charge on any atom is -0.460 e. The molecule has 4 rings (SSSR count). The molecular weight excluding hydrogens is 378 g/mol. The summed E-state index contributed by atoms with van der Waals surface area (Å²) < 4.78 is 5.48. The van der Waals surface area contributed by atoms with Crippen molar-refractivity contribution in [1.82, 2.24) is 4.90 Å². The first-order chi connectivity index (χ1) is 14.6. The number of carbonyl (C=O) groups excluding carboxylic acids is 3. The van der Waals surface area contributed by atoms with Gasteiger partial charge in [0.25, 0.3) is 5.91 Å². The second-order valence-electron chi connectivity index (χ2n) is 7.21. The number of likely N-dealkylation sites (tertiary alicyclic amines) is 1. The predicted octanol–water partition coefficient (Wildman–Crippen LogP) is 3.75. The molecule has 1 aliphatic heterocycles. The van der Waals surface area contributed by atoms with Crippen molar-refractivity contribution in [3.05, 3.63) is 108 Å². The Morgan fingerprint density at radius 3 is 1.90 bits per heavy atom. The zero-order valence-electron chi connectivity index (χ0n) is 16.3. The number of benzene rings is 3. The van der Waals surface area contributed by atoms with Crippen LogP contribution in [0, 0.1) is 5.92 Å². The maximum atomic E-state index is 12.9. The smallest absolute Gasteiger partial charge is 0.338 e. The zero-order chi connectivity index (χ0) is 20.9. The van der Waals surface area contributed by atoms with E-state index < -0.39 is 17.9 Å². The number of ether oxygens (including phenoxy) is 1. The molecule has 1 fully saturated rings. The number of carbonyl (C=O) groups is 3. The van der Waals surface area contributed by atoms with E-state index in [2.05, 4.69) is 0 Å². The normalized spacial score (nSPS) is 17.9. The van der Waals surface area contributed by atoms with E-state index in [0.29, 0.717) is 17.5 Å². The molecule has 1 saturated heterocycles. The summed E-state index contributed by atoms with van der Waals surface area (Å²) in [4.78, 5) is 39.4. The molecule has 3 aromatic rings. The van der Waals surface area contributed by atoms with E-state index >= 15 is 0 Å². The summed E-state index contributed by atoms with van der Waals surface area (Å²) in [5.41, 5.74) is 1.87. The van der Waals surface area contributed by atoms with E-state index in [9.17, 15) is 14.4 Å². The van der Waals surface area contributed by atoms with Crippen LogP contribution < -0.4 is 0 Å². The molecule has 0 radical (unpaired) electrons. The van der Waals surface area contributed by atoms with Crippen molar-refractivity contribution < 1.29 is 19.1 Å². The average Bonchev–Trinajstić information content (AvgIpc) is 2.81. The summed E-state index contributed by atoms with van der Waals surface area (Å²) >= 11 is 0. The third-order valence-electron chi connectivity index (χ3n) is 5.28. The highest BCUT2D eigenvalue weighted by Crippen LogP contribution is 2.32. The van der Waals surface area contributed by atoms with Crippen molar-refractivity contribution in [3.63, 3.8) is 0 Å². The van der Waals surface area contributed by atoms with Crippen LogP contribution >= 0.6 is 0 Å². The maximum Gasteiger partial charge on any atom is 0.338 e. The number of hydrogen-bond acceptors (Lipinski definition) is 4. The SMILES string of the molecule is O=C(OC[C@@H]1[C@H](Cc2ccccc2)C(=O)N1C(=O)c1ccccc1)c1ccccc1. The summed E-state index contributed by atoms with van der Waals surface area (Å²) in [6.45, 7) is -0.0322. The molecule has 0 aliphatic carbocycles. The van der Waals surface area contributed by atoms with Crippen LogP contribution in [-0.4, -0.2) is 35.3 Å². The van der Waals surface area contributed by atoms with Gasteiger partial charge in [-0.2, -0.15) is 0 Å². The number of amides is 2. The fraction of sp³-hybridized carbons (Fsp3) is 0.160. The van der Waals surface area contributed by atoms with Gasteiger partial charge in [0.1, 0.15) is 6.61 Å². The molecule has 0 saturated carbocycles. The molecule has 2 amide bonds. The van der Waals surface area contributed by atoms with Gasteiger partial charge in [0.05, 0.1) is 17.5 Å². The molecule has 30 heavy (non-hydrogen) atoms. The van der Waals surface area contributed by atoms with Gasteiger partial charge in [-0.05, 0) is 36.2 Å². The van der Waals surface area contributed by atoms with Crippen molar-refractivity contribution in [3.8, 4) is 0 Å². The Morgan fingerprint density at radius 2 is 1.30 bits per heavy atom. The van der Waals surface area contributed by atoms with Crippen molar-refractivity contribution in [2.45, 2.75) is 12.5 Å². The van der Waals surface area contributed by atoms with E-state index in [0.717, 1.165) is 5.56 Å². The van der Waals surface area contributed by atoms with Crippen molar-refractivity contribution in [1.29, 1.82) is 0 Å². The van der Waals surface area contributed by atoms with Crippen LogP contribution in [0.2, 0.25) is 0 Å². The Morgan fingerprint density at radius 1 is 0.767 bits per heavy atom. The highest BCUT2D eigenvalue weighted by molar-refractivity contribution is 6.09. The Kier molecular flexibility index (Phi) is 5.70. The fourth-order valence-corrected chi connectivity index (χ4v) is 3.68. The van der Waals surface area contributed by atoms with Gasteiger partial charge in [0.15, 0.2) is 0 Å². The molecule has 0 aromatic heterocycles. The predicted molar refractivity (Wildman–Crippen MR) is 112 cm³/mol. The molecule has 0 unspecified atom stereocenters. The second kappa shape index (κ2) is 8.74. The highest BCUT2D eigenvalue weighted by atomic mass is 16.5. The standard InChI is InChI=1S/C25H21NO4/c27-23(19-12-6-2-7-13-19)26-22(17-30-25(29)20-14-8-3-9-15-20)21(24(26)28)16-18-10-4-1-5-11-18/h1-15,21-22H,16-17H2/t21-,22+/m0/s1. The summed E-state index contributed by atoms with van der Waals surface area (Å²) in [6.07, 6.45) is 0.492. The molecule has 0 N–H and O–H groups in total. The third-order valence-corrected chi connectivity index (χ3v) is 5.28. The van der Waals surface area contributed by atoms with Crippen molar-refractivity contribution >= 4 is 17.8 Å². The summed E-state index contributed by atoms with van der Waals surface area (Å²) in [6, 6.07) is 26.5. The van der Waals surface area contributed by atoms with E-state index in [1.807, 2.05) is 42.5 Å². The molecule has 0 bridgehead atoms. The third kappa shape index (κ3) is 4.01. The topological polar surface area (TPSA) is 63.7 Å². The zero-order valence-corrected chi connectivity index (χ0v) is 16.3. The van der Waals surface area contributed by atoms with Crippen molar-refractivity contribution in [2.24, 2.45) is 5.92 Å². The Hall–Kier alpha value is -3.73. The van der Waals surface area contributed by atoms with Crippen LogP contribution in [-0.2, 0) is 16.0 Å². The van der Waals surface area contributed by atoms with Crippen LogP contribution in [0.3, 0.4) is 0 Å². The lowest BCUT2D eigenvalue weighted by atomic mass is 9.82. The molecule has 150 valence electrons. The van der Waals surface area contributed by atoms with Crippen LogP contribution in [0.25, 0.3) is 0 Å². The van der Waals surface area contributed by atoms with Gasteiger partial charge >= 0.3 is 5.97 Å². The van der Waals surface area contributed by atoms with E-state index in [-0.39, 0.29) is 18.4 Å². The minimum atomic E-state index is -0.502. The molecule has 2 atom stereocenters. The summed E-state index contributed by atoms with van der Waals surface area (Å²) in [5.74, 6) is -1.50. The van der Waals surface area contributed by atoms with E-state index in [1.165, 1.54) is 4.90 Å². The van der Waals surface area contributed by atoms with Crippen LogP contribution in [0.5, 0.6) is 0 Å². The molecule has 5 heteroatoms. The van der Waals surface area contributed by atoms with Gasteiger partial charge in [-0.1, -0.05) is 66.7 Å². The number of hydrogen-bond donors (Lipinski definition) is 0. The second-order valence-corrected chi connectivity index (χ2v) is 7.21. The van der Waals surface area contributed by atoms with Gasteiger partial charge in [-0.15, -0.1) is 0 Å². The number of esters is 1. The quantitative estimate of drug-likeness (QED) is 0.360. The number of rotatable bonds is 6. The van der Waals surface area contributed by atoms with Crippen LogP contribution in [0.4, 0.5) is 0 Å². The lowest BCUT2D eigenvalue weighted by molar-refractivity contribution is -0.153. The molecule has 1 aliphatic rings. The number of imide groups is 1. The van der Waals surface area contributed by atoms with Crippen LogP contribution in [0.15, 0.2) is 91.0 Å². The molecule has 0 spiro atoms. The van der Waals surface area contributed by atoms with Crippen molar-refractivity contribution in [2.75, 3.05) is 6.61 Å². The Bertz CT molecular complexity index is 1030. The molecule has 1 heterocycles. The van der Waals surface area contributed by atoms with Gasteiger partial charge in [0, 0.05) is 5.56 Å². The number of β-lactam (4-membered cyclic amide) rings is 1. The number of nitrogens with zero attached hydrogens (tertiary/aromatic N) is 1. The average molecular weight is 399 g/mol. The first-order valence-corrected chi connectivity index (χ1v) is 9.83. The van der Waals surface area contributed by atoms with Gasteiger partial charge < -0.3 is 4.74 Å². The van der Waals surface area contributed by atoms with E-state index in [4.69, 9.17) is 4.74 Å². The lowest BCUT2D eigenvalue weighted by Crippen LogP contribution is -2.65. The van der Waals surface area contributed by atoms with Gasteiger partial charge in [-0.25, -0.2) is 4.79 Å². The Balaban J connectivity index is 1.52. The largest absolute Gasteiger partial charge is 0.460 e. The van der Waals surface area contributed by atoms with Crippen LogP contribution in [0.1, 0.15) is 26.3 Å². The Labute approximate surface area is 174 Å². The highest BCUT2D eigenvalue weighted by Gasteiger charge is 2.51.